The first-order valence-electron chi connectivity index (χ1n) is 8.53. The second-order valence-electron chi connectivity index (χ2n) is 6.39. The van der Waals surface area contributed by atoms with E-state index in [1.807, 2.05) is 0 Å². The first-order valence-corrected chi connectivity index (χ1v) is 8.94. The zero-order chi connectivity index (χ0) is 18.5. The summed E-state index contributed by atoms with van der Waals surface area (Å²) in [6, 6.07) is 11.7. The molecule has 1 aliphatic rings. The van der Waals surface area contributed by atoms with Crippen LogP contribution >= 0.6 is 12.2 Å². The number of rotatable bonds is 4. The first kappa shape index (κ1) is 18.5. The number of thiocarbonyl (C=S) groups is 1. The molecule has 138 valence electrons. The van der Waals surface area contributed by atoms with Crippen molar-refractivity contribution in [2.45, 2.75) is 6.54 Å². The van der Waals surface area contributed by atoms with Gasteiger partial charge in [-0.1, -0.05) is 12.1 Å². The molecule has 1 fully saturated rings. The van der Waals surface area contributed by atoms with Gasteiger partial charge in [0.15, 0.2) is 5.11 Å². The normalized spacial score (nSPS) is 15.0. The number of hydrogen-bond acceptors (Lipinski definition) is 3. The van der Waals surface area contributed by atoms with Crippen LogP contribution in [0, 0.1) is 11.6 Å². The van der Waals surface area contributed by atoms with Crippen LogP contribution in [0.4, 0.5) is 20.2 Å². The molecule has 0 atom stereocenters. The van der Waals surface area contributed by atoms with E-state index in [1.54, 1.807) is 0 Å². The van der Waals surface area contributed by atoms with Crippen LogP contribution in [0.3, 0.4) is 0 Å². The Hall–Kier alpha value is -2.25. The fourth-order valence-corrected chi connectivity index (χ4v) is 3.01. The summed E-state index contributed by atoms with van der Waals surface area (Å²) < 4.78 is 26.5. The fraction of sp³-hybridized carbons (Fsp3) is 0.316. The van der Waals surface area contributed by atoms with Gasteiger partial charge in [-0.2, -0.15) is 0 Å². The average molecular weight is 376 g/mol. The van der Waals surface area contributed by atoms with E-state index in [2.05, 4.69) is 51.7 Å². The van der Waals surface area contributed by atoms with Gasteiger partial charge in [-0.05, 0) is 49.1 Å². The molecule has 2 aromatic rings. The highest BCUT2D eigenvalue weighted by molar-refractivity contribution is 7.80. The van der Waals surface area contributed by atoms with E-state index in [4.69, 9.17) is 12.2 Å². The molecule has 0 amide bonds. The highest BCUT2D eigenvalue weighted by Crippen LogP contribution is 2.17. The van der Waals surface area contributed by atoms with E-state index in [9.17, 15) is 8.78 Å². The third-order valence-corrected chi connectivity index (χ3v) is 4.68. The summed E-state index contributed by atoms with van der Waals surface area (Å²) in [5.74, 6) is -1.29. The van der Waals surface area contributed by atoms with Crippen molar-refractivity contribution in [3.63, 3.8) is 0 Å². The van der Waals surface area contributed by atoms with Crippen molar-refractivity contribution in [3.8, 4) is 0 Å². The maximum Gasteiger partial charge on any atom is 0.171 e. The Morgan fingerprint density at radius 2 is 1.73 bits per heavy atom. The minimum Gasteiger partial charge on any atom is -0.369 e. The molecule has 1 saturated heterocycles. The molecular formula is C19H22F2N4S. The minimum absolute atomic E-state index is 0.148. The number of benzene rings is 2. The lowest BCUT2D eigenvalue weighted by Gasteiger charge is -2.34. The first-order chi connectivity index (χ1) is 12.5. The summed E-state index contributed by atoms with van der Waals surface area (Å²) >= 11 is 5.17. The molecule has 3 rings (SSSR count). The van der Waals surface area contributed by atoms with Gasteiger partial charge in [0.05, 0.1) is 5.69 Å². The monoisotopic (exact) mass is 376 g/mol. The molecule has 2 N–H and O–H groups in total. The number of anilines is 2. The van der Waals surface area contributed by atoms with Crippen LogP contribution in [-0.4, -0.2) is 43.2 Å². The SMILES string of the molecule is CN1CCN(c2ccc(CNC(=S)Nc3ccc(F)cc3F)cc2)CC1. The Labute approximate surface area is 157 Å². The zero-order valence-corrected chi connectivity index (χ0v) is 15.5. The van der Waals surface area contributed by atoms with Gasteiger partial charge < -0.3 is 20.4 Å². The van der Waals surface area contributed by atoms with Gasteiger partial charge in [-0.3, -0.25) is 0 Å². The molecule has 7 heteroatoms. The van der Waals surface area contributed by atoms with Crippen LogP contribution in [0.1, 0.15) is 5.56 Å². The molecule has 4 nitrogen and oxygen atoms in total. The summed E-state index contributed by atoms with van der Waals surface area (Å²) in [5, 5.41) is 6.06. The molecule has 0 spiro atoms. The molecule has 26 heavy (non-hydrogen) atoms. The maximum atomic E-state index is 13.6. The van der Waals surface area contributed by atoms with Crippen molar-refractivity contribution in [3.05, 3.63) is 59.7 Å². The van der Waals surface area contributed by atoms with E-state index < -0.39 is 11.6 Å². The van der Waals surface area contributed by atoms with Crippen LogP contribution in [0.2, 0.25) is 0 Å². The Kier molecular flexibility index (Phi) is 6.00. The summed E-state index contributed by atoms with van der Waals surface area (Å²) in [4.78, 5) is 4.70. The van der Waals surface area contributed by atoms with Crippen molar-refractivity contribution in [1.82, 2.24) is 10.2 Å². The quantitative estimate of drug-likeness (QED) is 0.801. The van der Waals surface area contributed by atoms with E-state index in [-0.39, 0.29) is 5.69 Å². The predicted octanol–water partition coefficient (Wildman–Crippen LogP) is 3.20. The standard InChI is InChI=1S/C19H22F2N4S/c1-24-8-10-25(11-9-24)16-5-2-14(3-6-16)13-22-19(26)23-18-7-4-15(20)12-17(18)21/h2-7,12H,8-11,13H2,1H3,(H2,22,23,26). The number of halogens is 2. The van der Waals surface area contributed by atoms with Gasteiger partial charge in [0.25, 0.3) is 0 Å². The van der Waals surface area contributed by atoms with Crippen molar-refractivity contribution in [2.24, 2.45) is 0 Å². The van der Waals surface area contributed by atoms with Crippen molar-refractivity contribution in [1.29, 1.82) is 0 Å². The summed E-state index contributed by atoms with van der Waals surface area (Å²) in [7, 11) is 2.14. The molecule has 2 aromatic carbocycles. The smallest absolute Gasteiger partial charge is 0.171 e. The van der Waals surface area contributed by atoms with Crippen LogP contribution in [0.15, 0.2) is 42.5 Å². The summed E-state index contributed by atoms with van der Waals surface area (Å²) in [6.45, 7) is 4.74. The van der Waals surface area contributed by atoms with E-state index in [0.29, 0.717) is 11.7 Å². The molecule has 1 aliphatic heterocycles. The predicted molar refractivity (Wildman–Crippen MR) is 106 cm³/mol. The Morgan fingerprint density at radius 3 is 2.38 bits per heavy atom. The third kappa shape index (κ3) is 4.89. The molecule has 0 aliphatic carbocycles. The van der Waals surface area contributed by atoms with Crippen LogP contribution < -0.4 is 15.5 Å². The Morgan fingerprint density at radius 1 is 1.04 bits per heavy atom. The molecular weight excluding hydrogens is 354 g/mol. The van der Waals surface area contributed by atoms with Gasteiger partial charge in [0, 0.05) is 44.5 Å². The van der Waals surface area contributed by atoms with E-state index in [0.717, 1.165) is 37.8 Å². The van der Waals surface area contributed by atoms with Crippen LogP contribution in [0.5, 0.6) is 0 Å². The van der Waals surface area contributed by atoms with E-state index >= 15 is 0 Å². The highest BCUT2D eigenvalue weighted by Gasteiger charge is 2.14. The van der Waals surface area contributed by atoms with Crippen molar-refractivity contribution < 1.29 is 8.78 Å². The number of piperazine rings is 1. The lowest BCUT2D eigenvalue weighted by molar-refractivity contribution is 0.313. The summed E-state index contributed by atoms with van der Waals surface area (Å²) in [6.07, 6.45) is 0. The van der Waals surface area contributed by atoms with Crippen molar-refractivity contribution in [2.75, 3.05) is 43.4 Å². The molecule has 0 aromatic heterocycles. The maximum absolute atomic E-state index is 13.6. The number of likely N-dealkylation sites (N-methyl/N-ethyl adjacent to an activating group) is 1. The lowest BCUT2D eigenvalue weighted by Crippen LogP contribution is -2.44. The van der Waals surface area contributed by atoms with Gasteiger partial charge in [0.1, 0.15) is 11.6 Å². The largest absolute Gasteiger partial charge is 0.369 e. The van der Waals surface area contributed by atoms with Gasteiger partial charge in [0.2, 0.25) is 0 Å². The topological polar surface area (TPSA) is 30.5 Å². The van der Waals surface area contributed by atoms with Gasteiger partial charge in [-0.15, -0.1) is 0 Å². The molecule has 0 unspecified atom stereocenters. The lowest BCUT2D eigenvalue weighted by atomic mass is 10.2. The van der Waals surface area contributed by atoms with E-state index in [1.165, 1.54) is 17.8 Å². The highest BCUT2D eigenvalue weighted by atomic mass is 32.1. The molecule has 1 heterocycles. The second kappa shape index (κ2) is 8.42. The van der Waals surface area contributed by atoms with Gasteiger partial charge in [-0.25, -0.2) is 8.78 Å². The van der Waals surface area contributed by atoms with Crippen molar-refractivity contribution >= 4 is 28.7 Å². The third-order valence-electron chi connectivity index (χ3n) is 4.44. The Bertz CT molecular complexity index is 759. The molecule has 0 saturated carbocycles. The minimum atomic E-state index is -0.675. The zero-order valence-electron chi connectivity index (χ0n) is 14.6. The number of nitrogens with zero attached hydrogens (tertiary/aromatic N) is 2. The second-order valence-corrected chi connectivity index (χ2v) is 6.80. The van der Waals surface area contributed by atoms with Crippen LogP contribution in [0.25, 0.3) is 0 Å². The average Bonchev–Trinajstić information content (AvgIpc) is 2.63. The fourth-order valence-electron chi connectivity index (χ4n) is 2.83. The van der Waals surface area contributed by atoms with Crippen LogP contribution in [-0.2, 0) is 6.54 Å². The number of hydrogen-bond donors (Lipinski definition) is 2. The molecule has 0 radical (unpaired) electrons. The molecule has 0 bridgehead atoms. The Balaban J connectivity index is 1.50. The van der Waals surface area contributed by atoms with Gasteiger partial charge >= 0.3 is 0 Å². The summed E-state index contributed by atoms with van der Waals surface area (Å²) in [5.41, 5.74) is 2.44. The number of nitrogens with one attached hydrogen (secondary N) is 2.